The van der Waals surface area contributed by atoms with Crippen LogP contribution in [0.2, 0.25) is 0 Å². The van der Waals surface area contributed by atoms with Crippen LogP contribution in [0.1, 0.15) is 30.9 Å². The summed E-state index contributed by atoms with van der Waals surface area (Å²) in [4.78, 5) is 12.2. The molecule has 3 nitrogen and oxygen atoms in total. The number of hydrogen-bond donors (Lipinski definition) is 2. The highest BCUT2D eigenvalue weighted by atomic mass is 79.9. The van der Waals surface area contributed by atoms with Crippen LogP contribution in [-0.4, -0.2) is 10.9 Å². The summed E-state index contributed by atoms with van der Waals surface area (Å²) in [6.07, 6.45) is 2.41. The van der Waals surface area contributed by atoms with Crippen molar-refractivity contribution < 1.29 is 4.79 Å². The van der Waals surface area contributed by atoms with Gasteiger partial charge in [-0.05, 0) is 36.7 Å². The molecule has 0 amide bonds. The minimum absolute atomic E-state index is 0.146. The Labute approximate surface area is 125 Å². The first-order valence-electron chi connectivity index (χ1n) is 6.25. The Hall–Kier alpha value is -1.20. The van der Waals surface area contributed by atoms with Crippen molar-refractivity contribution in [3.8, 4) is 0 Å². The molecule has 2 aliphatic rings. The summed E-state index contributed by atoms with van der Waals surface area (Å²) in [5, 5.41) is 6.94. The van der Waals surface area contributed by atoms with E-state index in [-0.39, 0.29) is 11.8 Å². The zero-order chi connectivity index (χ0) is 13.4. The van der Waals surface area contributed by atoms with Gasteiger partial charge in [-0.25, -0.2) is 0 Å². The van der Waals surface area contributed by atoms with E-state index in [0.717, 1.165) is 34.1 Å². The topological polar surface area (TPSA) is 41.1 Å². The zero-order valence-electron chi connectivity index (χ0n) is 10.2. The summed E-state index contributed by atoms with van der Waals surface area (Å²) >= 11 is 8.80. The number of carbonyl (C=O) groups is 1. The monoisotopic (exact) mass is 336 g/mol. The van der Waals surface area contributed by atoms with Crippen molar-refractivity contribution in [1.82, 2.24) is 10.6 Å². The molecule has 0 radical (unpaired) electrons. The number of allylic oxidation sites excluding steroid dienone is 1. The third-order valence-corrected chi connectivity index (χ3v) is 4.44. The maximum atomic E-state index is 12.2. The second-order valence-electron chi connectivity index (χ2n) is 4.72. The fourth-order valence-electron chi connectivity index (χ4n) is 2.65. The molecular formula is C14H13BrN2OS. The second kappa shape index (κ2) is 5.06. The van der Waals surface area contributed by atoms with E-state index < -0.39 is 0 Å². The maximum Gasteiger partial charge on any atom is 0.171 e. The molecule has 0 bridgehead atoms. The quantitative estimate of drug-likeness (QED) is 0.773. The highest BCUT2D eigenvalue weighted by molar-refractivity contribution is 9.10. The first kappa shape index (κ1) is 12.8. The van der Waals surface area contributed by atoms with E-state index in [4.69, 9.17) is 12.2 Å². The molecule has 0 saturated carbocycles. The molecule has 1 aromatic rings. The lowest BCUT2D eigenvalue weighted by molar-refractivity contribution is -0.116. The highest BCUT2D eigenvalue weighted by Gasteiger charge is 2.33. The number of halogens is 1. The molecule has 0 aromatic heterocycles. The van der Waals surface area contributed by atoms with Gasteiger partial charge in [-0.3, -0.25) is 4.79 Å². The van der Waals surface area contributed by atoms with Crippen LogP contribution in [0.5, 0.6) is 0 Å². The molecule has 5 heteroatoms. The number of Topliss-reactive ketones (excluding diaryl/α,β-unsaturated/α-hetero) is 1. The van der Waals surface area contributed by atoms with E-state index >= 15 is 0 Å². The molecule has 1 aromatic carbocycles. The second-order valence-corrected chi connectivity index (χ2v) is 5.98. The lowest BCUT2D eigenvalue weighted by atomic mass is 9.85. The average molecular weight is 337 g/mol. The molecule has 0 spiro atoms. The lowest BCUT2D eigenvalue weighted by Crippen LogP contribution is -2.46. The van der Waals surface area contributed by atoms with Crippen LogP contribution >= 0.6 is 28.1 Å². The Morgan fingerprint density at radius 2 is 2.05 bits per heavy atom. The van der Waals surface area contributed by atoms with Crippen LogP contribution in [0.4, 0.5) is 0 Å². The maximum absolute atomic E-state index is 12.2. The average Bonchev–Trinajstić information content (AvgIpc) is 2.38. The molecule has 1 aliphatic heterocycles. The summed E-state index contributed by atoms with van der Waals surface area (Å²) in [6.45, 7) is 0. The first-order chi connectivity index (χ1) is 9.16. The van der Waals surface area contributed by atoms with Crippen LogP contribution < -0.4 is 10.6 Å². The van der Waals surface area contributed by atoms with Crippen molar-refractivity contribution in [2.75, 3.05) is 0 Å². The van der Waals surface area contributed by atoms with Crippen LogP contribution in [0.3, 0.4) is 0 Å². The number of hydrogen-bond acceptors (Lipinski definition) is 2. The molecule has 2 N–H and O–H groups in total. The molecule has 3 rings (SSSR count). The molecule has 1 heterocycles. The Balaban J connectivity index is 2.11. The molecule has 1 unspecified atom stereocenters. The fourth-order valence-corrected chi connectivity index (χ4v) is 3.40. The van der Waals surface area contributed by atoms with Crippen molar-refractivity contribution in [2.45, 2.75) is 25.3 Å². The Morgan fingerprint density at radius 1 is 1.26 bits per heavy atom. The SMILES string of the molecule is O=C1CCCC2=C1C(c1ccccc1Br)NC(=S)N2. The van der Waals surface area contributed by atoms with Crippen molar-refractivity contribution >= 4 is 39.0 Å². The van der Waals surface area contributed by atoms with Gasteiger partial charge in [0.1, 0.15) is 0 Å². The van der Waals surface area contributed by atoms with Gasteiger partial charge in [0.2, 0.25) is 0 Å². The molecule has 98 valence electrons. The van der Waals surface area contributed by atoms with E-state index in [0.29, 0.717) is 11.5 Å². The number of benzene rings is 1. The van der Waals surface area contributed by atoms with Gasteiger partial charge in [0.25, 0.3) is 0 Å². The van der Waals surface area contributed by atoms with E-state index in [1.165, 1.54) is 0 Å². The first-order valence-corrected chi connectivity index (χ1v) is 7.45. The van der Waals surface area contributed by atoms with Gasteiger partial charge in [0.05, 0.1) is 6.04 Å². The molecular weight excluding hydrogens is 324 g/mol. The van der Waals surface area contributed by atoms with Gasteiger partial charge in [-0.15, -0.1) is 0 Å². The lowest BCUT2D eigenvalue weighted by Gasteiger charge is -2.34. The van der Waals surface area contributed by atoms with Crippen LogP contribution in [-0.2, 0) is 4.79 Å². The van der Waals surface area contributed by atoms with Crippen LogP contribution in [0.15, 0.2) is 40.0 Å². The molecule has 1 atom stereocenters. The number of carbonyl (C=O) groups excluding carboxylic acids is 1. The third-order valence-electron chi connectivity index (χ3n) is 3.50. The fraction of sp³-hybridized carbons (Fsp3) is 0.286. The molecule has 1 aliphatic carbocycles. The van der Waals surface area contributed by atoms with Gasteiger partial charge in [-0.1, -0.05) is 34.1 Å². The van der Waals surface area contributed by atoms with Gasteiger partial charge in [0, 0.05) is 22.2 Å². The zero-order valence-corrected chi connectivity index (χ0v) is 12.6. The summed E-state index contributed by atoms with van der Waals surface area (Å²) < 4.78 is 0.988. The molecule has 0 fully saturated rings. The molecule has 0 saturated heterocycles. The van der Waals surface area contributed by atoms with Crippen molar-refractivity contribution in [3.63, 3.8) is 0 Å². The summed E-state index contributed by atoms with van der Waals surface area (Å²) in [5.74, 6) is 0.213. The van der Waals surface area contributed by atoms with E-state index in [1.54, 1.807) is 0 Å². The summed E-state index contributed by atoms with van der Waals surface area (Å²) in [6, 6.07) is 7.79. The van der Waals surface area contributed by atoms with Gasteiger partial charge in [0.15, 0.2) is 10.9 Å². The van der Waals surface area contributed by atoms with Crippen LogP contribution in [0.25, 0.3) is 0 Å². The Bertz CT molecular complexity index is 597. The van der Waals surface area contributed by atoms with Gasteiger partial charge in [-0.2, -0.15) is 0 Å². The minimum atomic E-state index is -0.146. The van der Waals surface area contributed by atoms with Gasteiger partial charge < -0.3 is 10.6 Å². The van der Waals surface area contributed by atoms with Crippen LogP contribution in [0, 0.1) is 0 Å². The van der Waals surface area contributed by atoms with E-state index in [9.17, 15) is 4.79 Å². The van der Waals surface area contributed by atoms with Crippen molar-refractivity contribution in [1.29, 1.82) is 0 Å². The highest BCUT2D eigenvalue weighted by Crippen LogP contribution is 2.36. The summed E-state index contributed by atoms with van der Waals surface area (Å²) in [7, 11) is 0. The predicted octanol–water partition coefficient (Wildman–Crippen LogP) is 2.98. The van der Waals surface area contributed by atoms with Gasteiger partial charge >= 0.3 is 0 Å². The number of nitrogens with one attached hydrogen (secondary N) is 2. The predicted molar refractivity (Wildman–Crippen MR) is 81.6 cm³/mol. The molecule has 19 heavy (non-hydrogen) atoms. The minimum Gasteiger partial charge on any atom is -0.351 e. The third kappa shape index (κ3) is 2.32. The number of thiocarbonyl (C=S) groups is 1. The Kier molecular flexibility index (Phi) is 3.41. The Morgan fingerprint density at radius 3 is 2.84 bits per heavy atom. The number of ketones is 1. The number of rotatable bonds is 1. The summed E-state index contributed by atoms with van der Waals surface area (Å²) in [5.41, 5.74) is 2.88. The largest absolute Gasteiger partial charge is 0.351 e. The van der Waals surface area contributed by atoms with Crippen molar-refractivity contribution in [2.24, 2.45) is 0 Å². The van der Waals surface area contributed by atoms with E-state index in [1.807, 2.05) is 24.3 Å². The smallest absolute Gasteiger partial charge is 0.171 e. The standard InChI is InChI=1S/C14H13BrN2OS/c15-9-5-2-1-4-8(9)13-12-10(16-14(19)17-13)6-3-7-11(12)18/h1-2,4-5,13H,3,6-7H2,(H2,16,17,19). The van der Waals surface area contributed by atoms with E-state index in [2.05, 4.69) is 26.6 Å². The van der Waals surface area contributed by atoms with Crippen molar-refractivity contribution in [3.05, 3.63) is 45.6 Å². The normalized spacial score (nSPS) is 22.7.